The van der Waals surface area contributed by atoms with Gasteiger partial charge in [0.05, 0.1) is 0 Å². The first-order valence-corrected chi connectivity index (χ1v) is 20.8. The molecule has 1 atom stereocenters. The van der Waals surface area contributed by atoms with E-state index in [0.717, 1.165) is 0 Å². The zero-order chi connectivity index (χ0) is 26.8. The van der Waals surface area contributed by atoms with Gasteiger partial charge < -0.3 is 24.8 Å². The molecule has 1 unspecified atom stereocenters. The van der Waals surface area contributed by atoms with Crippen LogP contribution >= 0.6 is 0 Å². The number of halogens is 2. The van der Waals surface area contributed by atoms with Crippen molar-refractivity contribution in [3.05, 3.63) is 77.4 Å². The van der Waals surface area contributed by atoms with Crippen LogP contribution in [0.1, 0.15) is 80.4 Å². The van der Waals surface area contributed by atoms with Crippen LogP contribution in [0.4, 0.5) is 0 Å². The van der Waals surface area contributed by atoms with Gasteiger partial charge in [0.25, 0.3) is 0 Å². The first kappa shape index (κ1) is 36.5. The van der Waals surface area contributed by atoms with Crippen LogP contribution in [-0.2, 0) is 33.8 Å². The van der Waals surface area contributed by atoms with Gasteiger partial charge in [-0.2, -0.15) is 11.6 Å². The van der Waals surface area contributed by atoms with E-state index in [-0.39, 0.29) is 41.1 Å². The molecule has 0 fully saturated rings. The van der Waals surface area contributed by atoms with Gasteiger partial charge >= 0.3 is 41.6 Å². The predicted octanol–water partition coefficient (Wildman–Crippen LogP) is 4.07. The number of hydrogen-bond donors (Lipinski definition) is 0. The molecule has 202 valence electrons. The summed E-state index contributed by atoms with van der Waals surface area (Å²) in [5, 5.41) is 5.49. The van der Waals surface area contributed by atoms with E-state index in [1.807, 2.05) is 0 Å². The van der Waals surface area contributed by atoms with Crippen LogP contribution in [0, 0.1) is 17.4 Å². The molecule has 0 nitrogen and oxygen atoms in total. The second-order valence-corrected chi connectivity index (χ2v) is 26.0. The summed E-state index contributed by atoms with van der Waals surface area (Å²) in [7, 11) is 0. The fourth-order valence-corrected chi connectivity index (χ4v) is 3.98. The molecule has 0 radical (unpaired) electrons. The summed E-state index contributed by atoms with van der Waals surface area (Å²) in [6.45, 7) is 27.2. The van der Waals surface area contributed by atoms with Crippen LogP contribution in [-0.4, -0.2) is 5.49 Å². The monoisotopic (exact) mass is 720 g/mol. The van der Waals surface area contributed by atoms with Crippen LogP contribution < -0.4 is 24.8 Å². The van der Waals surface area contributed by atoms with Gasteiger partial charge in [-0.05, 0) is 10.8 Å². The third-order valence-corrected chi connectivity index (χ3v) is 6.24. The van der Waals surface area contributed by atoms with Crippen molar-refractivity contribution in [3.8, 4) is 0 Å². The SMILES string of the molecule is CC(C)(C)c1ccc2[cH-]c3ccc(C(C)(C)C)cc3c2c1.CC1[C-]=CC(C(C)(C)C)=C1.C[Si](C)=[Hf+2].[Cl-].[Cl-]. The van der Waals surface area contributed by atoms with Gasteiger partial charge in [0.2, 0.25) is 0 Å². The molecule has 3 aromatic carbocycles. The van der Waals surface area contributed by atoms with Crippen molar-refractivity contribution in [1.82, 2.24) is 0 Å². The van der Waals surface area contributed by atoms with E-state index in [0.29, 0.717) is 11.3 Å². The van der Waals surface area contributed by atoms with Crippen LogP contribution in [0.15, 0.2) is 60.2 Å². The number of allylic oxidation sites excluding steroid dienone is 4. The van der Waals surface area contributed by atoms with Crippen molar-refractivity contribution < 1.29 is 47.8 Å². The summed E-state index contributed by atoms with van der Waals surface area (Å²) >= 11 is 1.45. The quantitative estimate of drug-likeness (QED) is 0.243. The normalized spacial score (nSPS) is 15.1. The van der Waals surface area contributed by atoms with Gasteiger partial charge in [-0.15, -0.1) is 39.7 Å². The number of benzene rings is 2. The topological polar surface area (TPSA) is 0 Å². The molecule has 0 saturated carbocycles. The fraction of sp³-hybridized carbons (Fsp3) is 0.485. The first-order chi connectivity index (χ1) is 15.9. The predicted molar refractivity (Wildman–Crippen MR) is 156 cm³/mol. The van der Waals surface area contributed by atoms with Gasteiger partial charge in [-0.25, -0.2) is 6.08 Å². The third-order valence-electron chi connectivity index (χ3n) is 6.24. The molecule has 0 amide bonds. The van der Waals surface area contributed by atoms with Gasteiger partial charge in [-0.3, -0.25) is 6.08 Å². The molecule has 3 aromatic rings. The summed E-state index contributed by atoms with van der Waals surface area (Å²) in [4.78, 5) is 0. The van der Waals surface area contributed by atoms with Gasteiger partial charge in [0, 0.05) is 0 Å². The standard InChI is InChI=1S/C21H25.C10H15.C2H6Si.2ClH.Hf/c1-20(2,3)16-9-7-14-11-15-8-10-17(21(4,5)6)13-19(15)18(14)12-16;1-8-5-6-9(7-8)10(2,3)4;1-3-2;;;/h7-13H,1-6H3;6-8H,1-4H3;1-2H3;2*1H;/q2*-1;;;;+2/p-2. The zero-order valence-corrected chi connectivity index (χ0v) is 31.1. The Bertz CT molecular complexity index is 1170. The molecule has 37 heavy (non-hydrogen) atoms. The van der Waals surface area contributed by atoms with E-state index < -0.39 is 0 Å². The molecule has 0 N–H and O–H groups in total. The Morgan fingerprint density at radius 1 is 0.730 bits per heavy atom. The molecule has 0 heterocycles. The average molecular weight is 720 g/mol. The van der Waals surface area contributed by atoms with Crippen molar-refractivity contribution in [2.75, 3.05) is 0 Å². The maximum Gasteiger partial charge on any atom is -1.00 e. The van der Waals surface area contributed by atoms with Crippen LogP contribution in [0.2, 0.25) is 13.1 Å². The molecule has 0 saturated heterocycles. The molecule has 0 aromatic heterocycles. The molecule has 0 aliphatic heterocycles. The van der Waals surface area contributed by atoms with E-state index >= 15 is 0 Å². The van der Waals surface area contributed by atoms with Crippen molar-refractivity contribution in [2.24, 2.45) is 11.3 Å². The Morgan fingerprint density at radius 3 is 1.35 bits per heavy atom. The smallest absolute Gasteiger partial charge is 1.00 e. The van der Waals surface area contributed by atoms with E-state index in [9.17, 15) is 0 Å². The second kappa shape index (κ2) is 14.2. The minimum Gasteiger partial charge on any atom is -1.00 e. The van der Waals surface area contributed by atoms with Crippen molar-refractivity contribution >= 4 is 27.0 Å². The van der Waals surface area contributed by atoms with E-state index in [4.69, 9.17) is 0 Å². The van der Waals surface area contributed by atoms with Gasteiger partial charge in [0.1, 0.15) is 0 Å². The number of rotatable bonds is 0. The molecular weight excluding hydrogens is 674 g/mol. The minimum atomic E-state index is 0. The second-order valence-electron chi connectivity index (χ2n) is 13.2. The first-order valence-electron chi connectivity index (χ1n) is 12.9. The van der Waals surface area contributed by atoms with E-state index in [1.54, 1.807) is 0 Å². The van der Waals surface area contributed by atoms with Crippen molar-refractivity contribution in [2.45, 2.75) is 93.2 Å². The summed E-state index contributed by atoms with van der Waals surface area (Å²) in [6, 6.07) is 16.1. The molecule has 0 bridgehead atoms. The number of hydrogen-bond acceptors (Lipinski definition) is 0. The molecule has 1 aliphatic rings. The molecule has 1 aliphatic carbocycles. The van der Waals surface area contributed by atoms with Crippen LogP contribution in [0.5, 0.6) is 0 Å². The minimum absolute atomic E-state index is 0. The Kier molecular flexibility index (Phi) is 14.0. The van der Waals surface area contributed by atoms with Crippen molar-refractivity contribution in [1.29, 1.82) is 0 Å². The third kappa shape index (κ3) is 10.9. The summed E-state index contributed by atoms with van der Waals surface area (Å²) in [5.74, 6) is 0.522. The summed E-state index contributed by atoms with van der Waals surface area (Å²) in [6.07, 6.45) is 7.65. The van der Waals surface area contributed by atoms with Gasteiger partial charge in [0.15, 0.2) is 0 Å². The average Bonchev–Trinajstić information content (AvgIpc) is 3.29. The maximum absolute atomic E-state index is 3.26. The van der Waals surface area contributed by atoms with Crippen molar-refractivity contribution in [3.63, 3.8) is 0 Å². The largest absolute Gasteiger partial charge is 1.00 e. The maximum atomic E-state index is 3.26. The zero-order valence-electron chi connectivity index (χ0n) is 25.0. The van der Waals surface area contributed by atoms with E-state index in [2.05, 4.69) is 143 Å². The molecular formula is C33H46Cl2HfSi-2. The van der Waals surface area contributed by atoms with Crippen LogP contribution in [0.3, 0.4) is 0 Å². The van der Waals surface area contributed by atoms with Crippen LogP contribution in [0.25, 0.3) is 21.5 Å². The Balaban J connectivity index is 0.000000684. The van der Waals surface area contributed by atoms with E-state index in [1.165, 1.54) is 61.2 Å². The Hall–Kier alpha value is -0.543. The van der Waals surface area contributed by atoms with Gasteiger partial charge in [-0.1, -0.05) is 116 Å². The summed E-state index contributed by atoms with van der Waals surface area (Å²) < 4.78 is 0. The fourth-order valence-electron chi connectivity index (χ4n) is 3.98. The molecule has 4 heteroatoms. The Morgan fingerprint density at radius 2 is 1.11 bits per heavy atom. The molecule has 4 rings (SSSR count). The number of fused-ring (bicyclic) bond motifs is 3. The summed E-state index contributed by atoms with van der Waals surface area (Å²) in [5.41, 5.74) is 5.18. The molecule has 0 spiro atoms. The Labute approximate surface area is 255 Å².